The second-order valence-electron chi connectivity index (χ2n) is 9.09. The SMILES string of the molecule is CC(C)CCN(C(=O)c1ccc(Cl)cc1Cl)C(C)c1nc2ccccc2c(=O)n1-c1ccc(Br)cc1. The number of aromatic nitrogens is 2. The summed E-state index contributed by atoms with van der Waals surface area (Å²) in [6.07, 6.45) is 0.775. The highest BCUT2D eigenvalue weighted by Crippen LogP contribution is 2.29. The van der Waals surface area contributed by atoms with Crippen molar-refractivity contribution in [2.75, 3.05) is 6.54 Å². The Labute approximate surface area is 228 Å². The van der Waals surface area contributed by atoms with Crippen molar-refractivity contribution in [3.63, 3.8) is 0 Å². The molecular weight excluding hydrogens is 561 g/mol. The topological polar surface area (TPSA) is 55.2 Å². The number of hydrogen-bond acceptors (Lipinski definition) is 3. The van der Waals surface area contributed by atoms with E-state index >= 15 is 0 Å². The minimum atomic E-state index is -0.524. The number of halogens is 3. The molecule has 0 spiro atoms. The van der Waals surface area contributed by atoms with E-state index in [0.717, 1.165) is 10.9 Å². The van der Waals surface area contributed by atoms with Gasteiger partial charge in [0.05, 0.1) is 33.2 Å². The molecule has 3 aromatic carbocycles. The Morgan fingerprint density at radius 3 is 2.39 bits per heavy atom. The summed E-state index contributed by atoms with van der Waals surface area (Å²) < 4.78 is 2.49. The Bertz CT molecular complexity index is 1470. The summed E-state index contributed by atoms with van der Waals surface area (Å²) >= 11 is 16.0. The van der Waals surface area contributed by atoms with Crippen LogP contribution < -0.4 is 5.56 Å². The van der Waals surface area contributed by atoms with Gasteiger partial charge in [-0.05, 0) is 73.9 Å². The Balaban J connectivity index is 1.90. The molecule has 0 saturated heterocycles. The summed E-state index contributed by atoms with van der Waals surface area (Å²) in [4.78, 5) is 34.2. The smallest absolute Gasteiger partial charge is 0.266 e. The third-order valence-corrected chi connectivity index (χ3v) is 7.17. The van der Waals surface area contributed by atoms with Crippen LogP contribution >= 0.6 is 39.1 Å². The van der Waals surface area contributed by atoms with Crippen LogP contribution in [0.1, 0.15) is 49.4 Å². The second kappa shape index (κ2) is 11.2. The van der Waals surface area contributed by atoms with Crippen LogP contribution in [0.15, 0.2) is 76.0 Å². The van der Waals surface area contributed by atoms with Crippen LogP contribution in [0.4, 0.5) is 0 Å². The van der Waals surface area contributed by atoms with Crippen LogP contribution in [-0.4, -0.2) is 26.9 Å². The van der Waals surface area contributed by atoms with E-state index in [-0.39, 0.29) is 16.5 Å². The molecule has 0 saturated carbocycles. The van der Waals surface area contributed by atoms with Gasteiger partial charge in [0.25, 0.3) is 11.5 Å². The fourth-order valence-electron chi connectivity index (χ4n) is 4.10. The van der Waals surface area contributed by atoms with E-state index < -0.39 is 6.04 Å². The second-order valence-corrected chi connectivity index (χ2v) is 10.8. The fourth-order valence-corrected chi connectivity index (χ4v) is 4.85. The van der Waals surface area contributed by atoms with Gasteiger partial charge in [0.1, 0.15) is 5.82 Å². The fraction of sp³-hybridized carbons (Fsp3) is 0.250. The summed E-state index contributed by atoms with van der Waals surface area (Å²) in [7, 11) is 0. The molecule has 5 nitrogen and oxygen atoms in total. The van der Waals surface area contributed by atoms with Crippen molar-refractivity contribution in [1.29, 1.82) is 0 Å². The molecule has 0 fully saturated rings. The van der Waals surface area contributed by atoms with Gasteiger partial charge < -0.3 is 4.90 Å². The first-order chi connectivity index (χ1) is 17.2. The van der Waals surface area contributed by atoms with Gasteiger partial charge in [-0.1, -0.05) is 65.1 Å². The maximum absolute atomic E-state index is 13.8. The van der Waals surface area contributed by atoms with Gasteiger partial charge in [0.15, 0.2) is 0 Å². The van der Waals surface area contributed by atoms with Gasteiger partial charge in [0.2, 0.25) is 0 Å². The lowest BCUT2D eigenvalue weighted by atomic mass is 10.1. The van der Waals surface area contributed by atoms with E-state index in [1.54, 1.807) is 33.7 Å². The molecule has 1 aromatic heterocycles. The number of carbonyl (C=O) groups is 1. The first-order valence-electron chi connectivity index (χ1n) is 11.7. The van der Waals surface area contributed by atoms with Gasteiger partial charge in [-0.2, -0.15) is 0 Å². The normalized spacial score (nSPS) is 12.2. The standard InChI is InChI=1S/C28H26BrCl2N3O2/c1-17(2)14-15-33(27(35)22-13-10-20(30)16-24(22)31)18(3)26-32-25-7-5-4-6-23(25)28(36)34(26)21-11-8-19(29)9-12-21/h4-13,16-18H,14-15H2,1-3H3. The van der Waals surface area contributed by atoms with Crippen molar-refractivity contribution in [3.05, 3.63) is 103 Å². The molecule has 0 aliphatic rings. The lowest BCUT2D eigenvalue weighted by Crippen LogP contribution is -2.38. The molecule has 4 aromatic rings. The molecule has 0 N–H and O–H groups in total. The van der Waals surface area contributed by atoms with Crippen molar-refractivity contribution < 1.29 is 4.79 Å². The average Bonchev–Trinajstić information content (AvgIpc) is 2.84. The van der Waals surface area contributed by atoms with Crippen LogP contribution in [-0.2, 0) is 0 Å². The molecule has 4 rings (SSSR count). The maximum Gasteiger partial charge on any atom is 0.266 e. The Morgan fingerprint density at radius 2 is 1.72 bits per heavy atom. The zero-order valence-corrected chi connectivity index (χ0v) is 23.3. The van der Waals surface area contributed by atoms with Gasteiger partial charge in [0, 0.05) is 16.0 Å². The molecule has 1 atom stereocenters. The number of hydrogen-bond donors (Lipinski definition) is 0. The van der Waals surface area contributed by atoms with Gasteiger partial charge in [-0.25, -0.2) is 4.98 Å². The van der Waals surface area contributed by atoms with Crippen molar-refractivity contribution in [2.24, 2.45) is 5.92 Å². The highest BCUT2D eigenvalue weighted by Gasteiger charge is 2.29. The zero-order valence-electron chi connectivity index (χ0n) is 20.2. The average molecular weight is 587 g/mol. The monoisotopic (exact) mass is 585 g/mol. The molecule has 1 unspecified atom stereocenters. The zero-order chi connectivity index (χ0) is 26.0. The highest BCUT2D eigenvalue weighted by molar-refractivity contribution is 9.10. The van der Waals surface area contributed by atoms with Crippen LogP contribution in [0.3, 0.4) is 0 Å². The van der Waals surface area contributed by atoms with E-state index in [2.05, 4.69) is 29.8 Å². The highest BCUT2D eigenvalue weighted by atomic mass is 79.9. The van der Waals surface area contributed by atoms with Crippen LogP contribution in [0.2, 0.25) is 10.0 Å². The van der Waals surface area contributed by atoms with Gasteiger partial charge >= 0.3 is 0 Å². The lowest BCUT2D eigenvalue weighted by Gasteiger charge is -2.31. The maximum atomic E-state index is 13.8. The minimum Gasteiger partial charge on any atom is -0.329 e. The summed E-state index contributed by atoms with van der Waals surface area (Å²) in [5, 5.41) is 1.25. The number of benzene rings is 3. The van der Waals surface area contributed by atoms with E-state index in [0.29, 0.717) is 45.5 Å². The molecule has 1 heterocycles. The van der Waals surface area contributed by atoms with Crippen molar-refractivity contribution in [2.45, 2.75) is 33.2 Å². The molecule has 0 radical (unpaired) electrons. The molecule has 0 bridgehead atoms. The number of para-hydroxylation sites is 1. The molecule has 0 aliphatic carbocycles. The molecule has 36 heavy (non-hydrogen) atoms. The van der Waals surface area contributed by atoms with E-state index in [1.165, 1.54) is 0 Å². The van der Waals surface area contributed by atoms with Gasteiger partial charge in [-0.3, -0.25) is 14.2 Å². The Morgan fingerprint density at radius 1 is 1.03 bits per heavy atom. The third kappa shape index (κ3) is 5.51. The number of rotatable bonds is 7. The quantitative estimate of drug-likeness (QED) is 0.223. The number of nitrogens with zero attached hydrogens (tertiary/aromatic N) is 3. The minimum absolute atomic E-state index is 0.189. The first kappa shape index (κ1) is 26.4. The molecule has 1 amide bonds. The van der Waals surface area contributed by atoms with Crippen LogP contribution in [0, 0.1) is 5.92 Å². The largest absolute Gasteiger partial charge is 0.329 e. The predicted octanol–water partition coefficient (Wildman–Crippen LogP) is 7.70. The van der Waals surface area contributed by atoms with E-state index in [1.807, 2.05) is 49.4 Å². The van der Waals surface area contributed by atoms with Crippen molar-refractivity contribution in [1.82, 2.24) is 14.5 Å². The Kier molecular flexibility index (Phi) is 8.18. The van der Waals surface area contributed by atoms with Gasteiger partial charge in [-0.15, -0.1) is 0 Å². The van der Waals surface area contributed by atoms with Crippen molar-refractivity contribution >= 4 is 55.9 Å². The predicted molar refractivity (Wildman–Crippen MR) is 150 cm³/mol. The van der Waals surface area contributed by atoms with Crippen LogP contribution in [0.25, 0.3) is 16.6 Å². The summed E-state index contributed by atoms with van der Waals surface area (Å²) in [6, 6.07) is 19.0. The number of carbonyl (C=O) groups excluding carboxylic acids is 1. The van der Waals surface area contributed by atoms with E-state index in [4.69, 9.17) is 28.2 Å². The summed E-state index contributed by atoms with van der Waals surface area (Å²) in [5.41, 5.74) is 1.42. The van der Waals surface area contributed by atoms with Crippen LogP contribution in [0.5, 0.6) is 0 Å². The number of amides is 1. The van der Waals surface area contributed by atoms with E-state index in [9.17, 15) is 9.59 Å². The number of fused-ring (bicyclic) bond motifs is 1. The Hall–Kier alpha value is -2.67. The molecule has 8 heteroatoms. The lowest BCUT2D eigenvalue weighted by molar-refractivity contribution is 0.0671. The molecule has 0 aliphatic heterocycles. The van der Waals surface area contributed by atoms with Crippen molar-refractivity contribution in [3.8, 4) is 5.69 Å². The summed E-state index contributed by atoms with van der Waals surface area (Å²) in [5.74, 6) is 0.601. The molecular formula is C28H26BrCl2N3O2. The first-order valence-corrected chi connectivity index (χ1v) is 13.3. The molecule has 186 valence electrons. The summed E-state index contributed by atoms with van der Waals surface area (Å²) in [6.45, 7) is 6.58. The third-order valence-electron chi connectivity index (χ3n) is 6.10.